The van der Waals surface area contributed by atoms with Crippen LogP contribution in [0.25, 0.3) is 0 Å². The van der Waals surface area contributed by atoms with E-state index in [0.717, 1.165) is 12.1 Å². The Kier molecular flexibility index (Phi) is 7.04. The summed E-state index contributed by atoms with van der Waals surface area (Å²) in [5, 5.41) is 10.8. The van der Waals surface area contributed by atoms with E-state index in [4.69, 9.17) is 5.11 Å². The average molecular weight is 265 g/mol. The number of aliphatic hydroxyl groups is 1. The van der Waals surface area contributed by atoms with Crippen LogP contribution in [0.5, 0.6) is 0 Å². The molecule has 2 nitrogen and oxygen atoms in total. The molecule has 1 rings (SSSR count). The Bertz CT molecular complexity index is 402. The van der Waals surface area contributed by atoms with Crippen molar-refractivity contribution < 1.29 is 5.11 Å². The molecule has 0 spiro atoms. The first-order valence-electron chi connectivity index (χ1n) is 6.55. The van der Waals surface area contributed by atoms with Crippen LogP contribution in [0.3, 0.4) is 0 Å². The van der Waals surface area contributed by atoms with Gasteiger partial charge in [-0.25, -0.2) is 0 Å². The van der Waals surface area contributed by atoms with E-state index in [-0.39, 0.29) is 6.61 Å². The molecule has 0 aliphatic rings. The Morgan fingerprint density at radius 2 is 2.28 bits per heavy atom. The predicted octanol–water partition coefficient (Wildman–Crippen LogP) is 3.10. The maximum atomic E-state index is 8.73. The second-order valence-electron chi connectivity index (χ2n) is 4.59. The SMILES string of the molecule is CCCC(C)N(C)Cc1sccc1C#CCCO. The second-order valence-corrected chi connectivity index (χ2v) is 5.59. The summed E-state index contributed by atoms with van der Waals surface area (Å²) < 4.78 is 0. The molecule has 0 amide bonds. The fourth-order valence-corrected chi connectivity index (χ4v) is 2.70. The number of thiophene rings is 1. The first kappa shape index (κ1) is 15.2. The van der Waals surface area contributed by atoms with Crippen LogP contribution in [0.15, 0.2) is 11.4 Å². The summed E-state index contributed by atoms with van der Waals surface area (Å²) in [5.41, 5.74) is 1.11. The lowest BCUT2D eigenvalue weighted by molar-refractivity contribution is 0.238. The largest absolute Gasteiger partial charge is 0.395 e. The molecule has 1 atom stereocenters. The molecule has 0 bridgehead atoms. The van der Waals surface area contributed by atoms with Gasteiger partial charge in [0.2, 0.25) is 0 Å². The van der Waals surface area contributed by atoms with Crippen LogP contribution in [-0.4, -0.2) is 29.7 Å². The highest BCUT2D eigenvalue weighted by Crippen LogP contribution is 2.19. The monoisotopic (exact) mass is 265 g/mol. The molecule has 0 fully saturated rings. The Balaban J connectivity index is 2.62. The van der Waals surface area contributed by atoms with Gasteiger partial charge in [-0.15, -0.1) is 11.3 Å². The summed E-state index contributed by atoms with van der Waals surface area (Å²) in [6.07, 6.45) is 3.00. The number of nitrogens with zero attached hydrogens (tertiary/aromatic N) is 1. The van der Waals surface area contributed by atoms with Gasteiger partial charge in [-0.2, -0.15) is 0 Å². The summed E-state index contributed by atoms with van der Waals surface area (Å²) >= 11 is 1.76. The van der Waals surface area contributed by atoms with Gasteiger partial charge < -0.3 is 5.11 Å². The standard InChI is InChI=1S/C15H23NOS/c1-4-7-13(2)16(3)12-15-14(9-11-18-15)8-5-6-10-17/h9,11,13,17H,4,6-7,10,12H2,1-3H3. The summed E-state index contributed by atoms with van der Waals surface area (Å²) in [6, 6.07) is 2.68. The number of rotatable bonds is 6. The van der Waals surface area contributed by atoms with Gasteiger partial charge in [0.05, 0.1) is 6.61 Å². The van der Waals surface area contributed by atoms with Gasteiger partial charge >= 0.3 is 0 Å². The van der Waals surface area contributed by atoms with Crippen LogP contribution in [-0.2, 0) is 6.54 Å². The smallest absolute Gasteiger partial charge is 0.0540 e. The molecule has 18 heavy (non-hydrogen) atoms. The van der Waals surface area contributed by atoms with Crippen LogP contribution >= 0.6 is 11.3 Å². The molecule has 1 aromatic rings. The van der Waals surface area contributed by atoms with Crippen LogP contribution in [0.1, 0.15) is 43.6 Å². The quantitative estimate of drug-likeness (QED) is 0.799. The van der Waals surface area contributed by atoms with Crippen molar-refractivity contribution in [3.8, 4) is 11.8 Å². The molecule has 0 aromatic carbocycles. The molecular weight excluding hydrogens is 242 g/mol. The van der Waals surface area contributed by atoms with Gasteiger partial charge in [0.15, 0.2) is 0 Å². The zero-order valence-electron chi connectivity index (χ0n) is 11.6. The fraction of sp³-hybridized carbons (Fsp3) is 0.600. The van der Waals surface area contributed by atoms with E-state index < -0.39 is 0 Å². The van der Waals surface area contributed by atoms with Crippen molar-refractivity contribution in [3.63, 3.8) is 0 Å². The number of hydrogen-bond acceptors (Lipinski definition) is 3. The van der Waals surface area contributed by atoms with E-state index in [1.165, 1.54) is 17.7 Å². The first-order valence-corrected chi connectivity index (χ1v) is 7.43. The normalized spacial score (nSPS) is 12.3. The molecule has 0 saturated carbocycles. The lowest BCUT2D eigenvalue weighted by Crippen LogP contribution is -2.28. The van der Waals surface area contributed by atoms with E-state index in [0.29, 0.717) is 12.5 Å². The van der Waals surface area contributed by atoms with Crippen molar-refractivity contribution in [1.82, 2.24) is 4.90 Å². The topological polar surface area (TPSA) is 23.5 Å². The van der Waals surface area contributed by atoms with E-state index in [2.05, 4.69) is 49.1 Å². The Hall–Kier alpha value is -0.820. The third-order valence-electron chi connectivity index (χ3n) is 3.06. The Labute approximate surface area is 115 Å². The highest BCUT2D eigenvalue weighted by atomic mass is 32.1. The summed E-state index contributed by atoms with van der Waals surface area (Å²) in [4.78, 5) is 3.71. The van der Waals surface area contributed by atoms with E-state index >= 15 is 0 Å². The second kappa shape index (κ2) is 8.31. The average Bonchev–Trinajstić information content (AvgIpc) is 2.77. The van der Waals surface area contributed by atoms with E-state index in [9.17, 15) is 0 Å². The molecule has 1 aromatic heterocycles. The summed E-state index contributed by atoms with van der Waals surface area (Å²) in [5.74, 6) is 6.14. The highest BCUT2D eigenvalue weighted by Gasteiger charge is 2.11. The molecular formula is C15H23NOS. The van der Waals surface area contributed by atoms with Crippen molar-refractivity contribution in [2.75, 3.05) is 13.7 Å². The van der Waals surface area contributed by atoms with Crippen molar-refractivity contribution in [3.05, 3.63) is 21.9 Å². The Morgan fingerprint density at radius 3 is 2.94 bits per heavy atom. The maximum Gasteiger partial charge on any atom is 0.0540 e. The lowest BCUT2D eigenvalue weighted by atomic mass is 10.1. The third-order valence-corrected chi connectivity index (χ3v) is 3.96. The van der Waals surface area contributed by atoms with Gasteiger partial charge in [0, 0.05) is 29.4 Å². The van der Waals surface area contributed by atoms with Crippen LogP contribution < -0.4 is 0 Å². The van der Waals surface area contributed by atoms with Gasteiger partial charge in [0.25, 0.3) is 0 Å². The minimum absolute atomic E-state index is 0.139. The van der Waals surface area contributed by atoms with Gasteiger partial charge in [-0.1, -0.05) is 25.2 Å². The molecule has 0 aliphatic carbocycles. The van der Waals surface area contributed by atoms with Gasteiger partial charge in [0.1, 0.15) is 0 Å². The minimum Gasteiger partial charge on any atom is -0.395 e. The molecule has 1 unspecified atom stereocenters. The lowest BCUT2D eigenvalue weighted by Gasteiger charge is -2.23. The molecule has 0 saturated heterocycles. The van der Waals surface area contributed by atoms with Crippen LogP contribution in [0.4, 0.5) is 0 Å². The van der Waals surface area contributed by atoms with Gasteiger partial charge in [-0.3, -0.25) is 4.90 Å². The van der Waals surface area contributed by atoms with Crippen molar-refractivity contribution in [2.45, 2.75) is 45.7 Å². The first-order chi connectivity index (χ1) is 8.69. The fourth-order valence-electron chi connectivity index (χ4n) is 1.81. The molecule has 3 heteroatoms. The summed E-state index contributed by atoms with van der Waals surface area (Å²) in [7, 11) is 2.17. The molecule has 0 radical (unpaired) electrons. The molecule has 0 aliphatic heterocycles. The predicted molar refractivity (Wildman–Crippen MR) is 78.7 cm³/mol. The third kappa shape index (κ3) is 4.81. The molecule has 1 heterocycles. The van der Waals surface area contributed by atoms with Crippen LogP contribution in [0.2, 0.25) is 0 Å². The number of hydrogen-bond donors (Lipinski definition) is 1. The van der Waals surface area contributed by atoms with E-state index in [1.807, 2.05) is 0 Å². The van der Waals surface area contributed by atoms with Crippen molar-refractivity contribution in [1.29, 1.82) is 0 Å². The van der Waals surface area contributed by atoms with Gasteiger partial charge in [-0.05, 0) is 31.8 Å². The minimum atomic E-state index is 0.139. The number of aliphatic hydroxyl groups excluding tert-OH is 1. The van der Waals surface area contributed by atoms with Crippen molar-refractivity contribution in [2.24, 2.45) is 0 Å². The molecule has 1 N–H and O–H groups in total. The molecule has 100 valence electrons. The summed E-state index contributed by atoms with van der Waals surface area (Å²) in [6.45, 7) is 5.59. The zero-order valence-corrected chi connectivity index (χ0v) is 12.4. The highest BCUT2D eigenvalue weighted by molar-refractivity contribution is 7.10. The maximum absolute atomic E-state index is 8.73. The Morgan fingerprint density at radius 1 is 1.50 bits per heavy atom. The van der Waals surface area contributed by atoms with E-state index in [1.54, 1.807) is 11.3 Å². The zero-order chi connectivity index (χ0) is 13.4. The van der Waals surface area contributed by atoms with Crippen molar-refractivity contribution >= 4 is 11.3 Å². The van der Waals surface area contributed by atoms with Crippen LogP contribution in [0, 0.1) is 11.8 Å².